The Balaban J connectivity index is 1.50. The fourth-order valence-electron chi connectivity index (χ4n) is 3.79. The average Bonchev–Trinajstić information content (AvgIpc) is 3.43. The van der Waals surface area contributed by atoms with Crippen molar-refractivity contribution in [3.8, 4) is 5.69 Å². The smallest absolute Gasteiger partial charge is 0.266 e. The molecule has 5 rings (SSSR count). The number of thioether (sulfide) groups is 1. The third-order valence-electron chi connectivity index (χ3n) is 5.46. The van der Waals surface area contributed by atoms with Crippen LogP contribution in [0.5, 0.6) is 0 Å². The van der Waals surface area contributed by atoms with Crippen molar-refractivity contribution in [3.05, 3.63) is 102 Å². The number of carbonyl (C=O) groups excluding carboxylic acids is 1. The van der Waals surface area contributed by atoms with Crippen LogP contribution in [0.2, 0.25) is 0 Å². The zero-order valence-electron chi connectivity index (χ0n) is 18.2. The summed E-state index contributed by atoms with van der Waals surface area (Å²) in [4.78, 5) is 20.3. The Hall–Kier alpha value is -3.61. The van der Waals surface area contributed by atoms with E-state index in [4.69, 9.17) is 9.73 Å². The lowest BCUT2D eigenvalue weighted by atomic mass is 10.1. The number of carbonyl (C=O) groups is 1. The van der Waals surface area contributed by atoms with Gasteiger partial charge in [0.05, 0.1) is 23.7 Å². The van der Waals surface area contributed by atoms with Gasteiger partial charge in [-0.2, -0.15) is 0 Å². The molecule has 1 aromatic heterocycles. The maximum atomic E-state index is 13.3. The molecule has 4 aromatic rings. The number of methoxy groups -OCH3 is 1. The average molecular weight is 454 g/mol. The number of fused-ring (bicyclic) bond motifs is 1. The maximum Gasteiger partial charge on any atom is 0.266 e. The first-order chi connectivity index (χ1) is 16.2. The summed E-state index contributed by atoms with van der Waals surface area (Å²) in [5.41, 5.74) is 2.81. The summed E-state index contributed by atoms with van der Waals surface area (Å²) in [6.07, 6.45) is 3.96. The van der Waals surface area contributed by atoms with Gasteiger partial charge in [-0.1, -0.05) is 48.5 Å². The van der Waals surface area contributed by atoms with E-state index in [0.29, 0.717) is 23.2 Å². The number of ether oxygens (including phenoxy) is 1. The molecule has 6 heteroatoms. The Labute approximate surface area is 197 Å². The van der Waals surface area contributed by atoms with E-state index >= 15 is 0 Å². The molecule has 1 amide bonds. The number of para-hydroxylation sites is 1. The molecule has 0 spiro atoms. The monoisotopic (exact) mass is 453 g/mol. The van der Waals surface area contributed by atoms with Crippen molar-refractivity contribution in [2.24, 2.45) is 4.99 Å². The highest BCUT2D eigenvalue weighted by molar-refractivity contribution is 8.18. The van der Waals surface area contributed by atoms with Gasteiger partial charge >= 0.3 is 0 Å². The first kappa shape index (κ1) is 21.2. The first-order valence-corrected chi connectivity index (χ1v) is 11.6. The van der Waals surface area contributed by atoms with Crippen LogP contribution >= 0.6 is 11.8 Å². The molecule has 2 heterocycles. The van der Waals surface area contributed by atoms with Crippen molar-refractivity contribution < 1.29 is 9.53 Å². The number of hydrogen-bond donors (Lipinski definition) is 0. The van der Waals surface area contributed by atoms with Crippen molar-refractivity contribution in [3.63, 3.8) is 0 Å². The third-order valence-corrected chi connectivity index (χ3v) is 6.47. The molecular formula is C27H23N3O2S. The standard InChI is InChI=1S/C27H23N3O2S/c1-32-17-16-30-26(31)25(33-27(30)28-22-10-3-2-4-11-22)19-23-12-7-15-29(23)24-14-13-20-8-5-6-9-21(20)18-24/h2-15,18-19H,16-17H2,1H3/b25-19-,28-27?. The molecule has 1 aliphatic heterocycles. The van der Waals surface area contributed by atoms with Crippen molar-refractivity contribution in [2.45, 2.75) is 0 Å². The number of aromatic nitrogens is 1. The van der Waals surface area contributed by atoms with E-state index in [9.17, 15) is 4.79 Å². The fraction of sp³-hybridized carbons (Fsp3) is 0.111. The largest absolute Gasteiger partial charge is 0.383 e. The molecule has 0 aliphatic carbocycles. The van der Waals surface area contributed by atoms with Crippen molar-refractivity contribution >= 4 is 45.4 Å². The number of nitrogens with zero attached hydrogens (tertiary/aromatic N) is 3. The molecule has 0 bridgehead atoms. The van der Waals surface area contributed by atoms with Crippen LogP contribution < -0.4 is 0 Å². The Kier molecular flexibility index (Phi) is 6.11. The van der Waals surface area contributed by atoms with Crippen LogP contribution in [0.15, 0.2) is 101 Å². The minimum atomic E-state index is -0.0574. The Morgan fingerprint density at radius 3 is 2.55 bits per heavy atom. The van der Waals surface area contributed by atoms with Crippen molar-refractivity contribution in [1.29, 1.82) is 0 Å². The van der Waals surface area contributed by atoms with Crippen molar-refractivity contribution in [1.82, 2.24) is 9.47 Å². The number of hydrogen-bond acceptors (Lipinski definition) is 4. The normalized spacial score (nSPS) is 16.4. The topological polar surface area (TPSA) is 46.8 Å². The van der Waals surface area contributed by atoms with E-state index in [2.05, 4.69) is 34.9 Å². The molecule has 164 valence electrons. The van der Waals surface area contributed by atoms with Gasteiger partial charge < -0.3 is 9.30 Å². The van der Waals surface area contributed by atoms with Gasteiger partial charge in [0.1, 0.15) is 0 Å². The van der Waals surface area contributed by atoms with Gasteiger partial charge in [-0.05, 0) is 65.0 Å². The lowest BCUT2D eigenvalue weighted by molar-refractivity contribution is -0.122. The highest BCUT2D eigenvalue weighted by Crippen LogP contribution is 2.34. The van der Waals surface area contributed by atoms with Crippen LogP contribution in [-0.2, 0) is 9.53 Å². The van der Waals surface area contributed by atoms with Crippen molar-refractivity contribution in [2.75, 3.05) is 20.3 Å². The summed E-state index contributed by atoms with van der Waals surface area (Å²) in [6.45, 7) is 0.901. The molecule has 1 fully saturated rings. The first-order valence-electron chi connectivity index (χ1n) is 10.7. The number of benzene rings is 3. The lowest BCUT2D eigenvalue weighted by Crippen LogP contribution is -2.32. The number of aliphatic imine (C=N–C) groups is 1. The Bertz CT molecular complexity index is 1360. The van der Waals surface area contributed by atoms with Crippen LogP contribution in [0.1, 0.15) is 5.69 Å². The van der Waals surface area contributed by atoms with E-state index in [0.717, 1.165) is 17.1 Å². The number of rotatable bonds is 6. The minimum absolute atomic E-state index is 0.0574. The number of amidine groups is 1. The van der Waals surface area contributed by atoms with Gasteiger partial charge in [0.15, 0.2) is 5.17 Å². The van der Waals surface area contributed by atoms with Crippen LogP contribution in [0.4, 0.5) is 5.69 Å². The van der Waals surface area contributed by atoms with E-state index in [1.54, 1.807) is 12.0 Å². The van der Waals surface area contributed by atoms with Gasteiger partial charge in [0, 0.05) is 24.7 Å². The SMILES string of the molecule is COCCN1C(=O)/C(=C/c2cccn2-c2ccc3ccccc3c2)SC1=Nc1ccccc1. The highest BCUT2D eigenvalue weighted by atomic mass is 32.2. The predicted molar refractivity (Wildman–Crippen MR) is 136 cm³/mol. The summed E-state index contributed by atoms with van der Waals surface area (Å²) in [5.74, 6) is -0.0574. The summed E-state index contributed by atoms with van der Waals surface area (Å²) >= 11 is 1.40. The molecule has 1 aliphatic rings. The van der Waals surface area contributed by atoms with Gasteiger partial charge in [-0.25, -0.2) is 4.99 Å². The molecule has 0 radical (unpaired) electrons. The second-order valence-electron chi connectivity index (χ2n) is 7.62. The van der Waals surface area contributed by atoms with E-state index in [1.165, 1.54) is 22.5 Å². The van der Waals surface area contributed by atoms with Gasteiger partial charge in [-0.3, -0.25) is 9.69 Å². The van der Waals surface area contributed by atoms with E-state index < -0.39 is 0 Å². The van der Waals surface area contributed by atoms with E-state index in [1.807, 2.05) is 66.9 Å². The quantitative estimate of drug-likeness (QED) is 0.343. The zero-order valence-corrected chi connectivity index (χ0v) is 19.0. The molecule has 0 atom stereocenters. The second-order valence-corrected chi connectivity index (χ2v) is 8.63. The van der Waals surface area contributed by atoms with E-state index in [-0.39, 0.29) is 5.91 Å². The third kappa shape index (κ3) is 4.49. The van der Waals surface area contributed by atoms with Gasteiger partial charge in [-0.15, -0.1) is 0 Å². The summed E-state index contributed by atoms with van der Waals surface area (Å²) < 4.78 is 7.32. The molecule has 33 heavy (non-hydrogen) atoms. The van der Waals surface area contributed by atoms with Gasteiger partial charge in [0.2, 0.25) is 0 Å². The molecule has 3 aromatic carbocycles. The Morgan fingerprint density at radius 1 is 0.939 bits per heavy atom. The van der Waals surface area contributed by atoms with Gasteiger partial charge in [0.25, 0.3) is 5.91 Å². The summed E-state index contributed by atoms with van der Waals surface area (Å²) in [7, 11) is 1.63. The van der Waals surface area contributed by atoms with Crippen LogP contribution in [0, 0.1) is 0 Å². The highest BCUT2D eigenvalue weighted by Gasteiger charge is 2.33. The molecule has 0 N–H and O–H groups in total. The predicted octanol–water partition coefficient (Wildman–Crippen LogP) is 5.88. The molecule has 0 saturated carbocycles. The molecule has 0 unspecified atom stereocenters. The lowest BCUT2D eigenvalue weighted by Gasteiger charge is -2.14. The Morgan fingerprint density at radius 2 is 1.73 bits per heavy atom. The minimum Gasteiger partial charge on any atom is -0.383 e. The molecule has 5 nitrogen and oxygen atoms in total. The van der Waals surface area contributed by atoms with Crippen LogP contribution in [0.25, 0.3) is 22.5 Å². The summed E-state index contributed by atoms with van der Waals surface area (Å²) in [6, 6.07) is 28.4. The molecule has 1 saturated heterocycles. The number of amides is 1. The molecular weight excluding hydrogens is 430 g/mol. The second kappa shape index (κ2) is 9.48. The van der Waals surface area contributed by atoms with Crippen LogP contribution in [-0.4, -0.2) is 40.8 Å². The maximum absolute atomic E-state index is 13.3. The zero-order chi connectivity index (χ0) is 22.6. The fourth-order valence-corrected chi connectivity index (χ4v) is 4.80. The van der Waals surface area contributed by atoms with Crippen LogP contribution in [0.3, 0.4) is 0 Å². The summed E-state index contributed by atoms with van der Waals surface area (Å²) in [5, 5.41) is 3.04.